The van der Waals surface area contributed by atoms with Gasteiger partial charge in [0, 0.05) is 25.0 Å². The molecule has 7 heteroatoms. The molecule has 1 amide bonds. The molecule has 104 valence electrons. The van der Waals surface area contributed by atoms with Crippen molar-refractivity contribution in [2.75, 3.05) is 10.6 Å². The van der Waals surface area contributed by atoms with Crippen molar-refractivity contribution in [2.24, 2.45) is 7.05 Å². The fourth-order valence-electron chi connectivity index (χ4n) is 2.22. The molecule has 2 heterocycles. The highest BCUT2D eigenvalue weighted by Crippen LogP contribution is 2.36. The van der Waals surface area contributed by atoms with Gasteiger partial charge in [0.2, 0.25) is 0 Å². The van der Waals surface area contributed by atoms with E-state index >= 15 is 0 Å². The van der Waals surface area contributed by atoms with Crippen LogP contribution in [0.4, 0.5) is 11.4 Å². The number of aryl methyl sites for hydroxylation is 1. The number of hydrogen-bond acceptors (Lipinski definition) is 5. The number of carbonyl (C=O) groups is 1. The number of nitrogen functional groups attached to an aromatic ring is 1. The van der Waals surface area contributed by atoms with Gasteiger partial charge in [-0.15, -0.1) is 5.10 Å². The predicted octanol–water partition coefficient (Wildman–Crippen LogP) is 0.711. The predicted molar refractivity (Wildman–Crippen MR) is 73.1 cm³/mol. The number of aromatic nitrogens is 3. The summed E-state index contributed by atoms with van der Waals surface area (Å²) in [5.74, 6) is 0.508. The number of rotatable bonds is 2. The van der Waals surface area contributed by atoms with Crippen molar-refractivity contribution < 1.29 is 9.53 Å². The number of amides is 1. The number of hydrogen-bond donors (Lipinski definition) is 1. The van der Waals surface area contributed by atoms with Crippen LogP contribution in [0.3, 0.4) is 0 Å². The smallest absolute Gasteiger partial charge is 0.268 e. The second-order valence-corrected chi connectivity index (χ2v) is 4.80. The Balaban J connectivity index is 1.98. The number of benzene rings is 1. The standard InChI is InChI=1S/C13H15N5O2/c1-8-13(19)18(7-10-6-17(2)16-15-10)11-4-3-9(14)5-12(11)20-8/h3-6,8H,7,14H2,1-2H3. The first-order chi connectivity index (χ1) is 9.54. The first-order valence-corrected chi connectivity index (χ1v) is 6.27. The Kier molecular flexibility index (Phi) is 2.81. The highest BCUT2D eigenvalue weighted by atomic mass is 16.5. The number of nitrogens with zero attached hydrogens (tertiary/aromatic N) is 4. The fraction of sp³-hybridized carbons (Fsp3) is 0.308. The molecule has 0 saturated heterocycles. The van der Waals surface area contributed by atoms with E-state index in [1.54, 1.807) is 47.9 Å². The molecule has 0 spiro atoms. The van der Waals surface area contributed by atoms with Crippen molar-refractivity contribution in [3.05, 3.63) is 30.1 Å². The maximum absolute atomic E-state index is 12.3. The number of carbonyl (C=O) groups excluding carboxylic acids is 1. The Morgan fingerprint density at radius 1 is 1.45 bits per heavy atom. The lowest BCUT2D eigenvalue weighted by molar-refractivity contribution is -0.125. The van der Waals surface area contributed by atoms with Crippen LogP contribution in [0.5, 0.6) is 5.75 Å². The maximum atomic E-state index is 12.3. The molecule has 0 bridgehead atoms. The van der Waals surface area contributed by atoms with Gasteiger partial charge < -0.3 is 10.5 Å². The molecular weight excluding hydrogens is 258 g/mol. The first-order valence-electron chi connectivity index (χ1n) is 6.27. The van der Waals surface area contributed by atoms with E-state index in [0.717, 1.165) is 5.69 Å². The summed E-state index contributed by atoms with van der Waals surface area (Å²) in [5.41, 5.74) is 7.78. The minimum atomic E-state index is -0.541. The number of anilines is 2. The quantitative estimate of drug-likeness (QED) is 0.814. The molecule has 2 N–H and O–H groups in total. The van der Waals surface area contributed by atoms with Crippen molar-refractivity contribution in [3.63, 3.8) is 0 Å². The Hall–Kier alpha value is -2.57. The molecule has 1 unspecified atom stereocenters. The maximum Gasteiger partial charge on any atom is 0.268 e. The van der Waals surface area contributed by atoms with Crippen LogP contribution in [0.2, 0.25) is 0 Å². The molecule has 0 fully saturated rings. The van der Waals surface area contributed by atoms with Gasteiger partial charge >= 0.3 is 0 Å². The monoisotopic (exact) mass is 273 g/mol. The van der Waals surface area contributed by atoms with Crippen molar-refractivity contribution in [3.8, 4) is 5.75 Å². The summed E-state index contributed by atoms with van der Waals surface area (Å²) >= 11 is 0. The Morgan fingerprint density at radius 2 is 2.25 bits per heavy atom. The van der Waals surface area contributed by atoms with Gasteiger partial charge in [-0.2, -0.15) is 0 Å². The second-order valence-electron chi connectivity index (χ2n) is 4.80. The minimum absolute atomic E-state index is 0.104. The summed E-state index contributed by atoms with van der Waals surface area (Å²) in [7, 11) is 1.79. The molecule has 3 rings (SSSR count). The van der Waals surface area contributed by atoms with Crippen LogP contribution in [0.15, 0.2) is 24.4 Å². The van der Waals surface area contributed by atoms with E-state index in [1.807, 2.05) is 0 Å². The fourth-order valence-corrected chi connectivity index (χ4v) is 2.22. The van der Waals surface area contributed by atoms with E-state index in [0.29, 0.717) is 23.7 Å². The topological polar surface area (TPSA) is 86.3 Å². The normalized spacial score (nSPS) is 17.8. The molecule has 1 aromatic carbocycles. The van der Waals surface area contributed by atoms with Crippen LogP contribution in [-0.2, 0) is 18.4 Å². The molecule has 0 saturated carbocycles. The summed E-state index contributed by atoms with van der Waals surface area (Å²) < 4.78 is 7.19. The van der Waals surface area contributed by atoms with Crippen LogP contribution in [0.25, 0.3) is 0 Å². The first kappa shape index (κ1) is 12.5. The molecule has 20 heavy (non-hydrogen) atoms. The SMILES string of the molecule is CC1Oc2cc(N)ccc2N(Cc2cn(C)nn2)C1=O. The Labute approximate surface area is 115 Å². The van der Waals surface area contributed by atoms with Crippen LogP contribution in [-0.4, -0.2) is 27.0 Å². The molecule has 1 aliphatic rings. The van der Waals surface area contributed by atoms with Crippen molar-refractivity contribution >= 4 is 17.3 Å². The second kappa shape index (κ2) is 4.52. The van der Waals surface area contributed by atoms with Crippen molar-refractivity contribution in [1.29, 1.82) is 0 Å². The summed E-state index contributed by atoms with van der Waals surface area (Å²) in [5, 5.41) is 7.89. The highest BCUT2D eigenvalue weighted by Gasteiger charge is 2.32. The zero-order valence-electron chi connectivity index (χ0n) is 11.3. The van der Waals surface area contributed by atoms with E-state index in [4.69, 9.17) is 10.5 Å². The van der Waals surface area contributed by atoms with Gasteiger partial charge in [-0.05, 0) is 19.1 Å². The van der Waals surface area contributed by atoms with E-state index in [1.165, 1.54) is 0 Å². The molecule has 0 aliphatic carbocycles. The van der Waals surface area contributed by atoms with E-state index in [9.17, 15) is 4.79 Å². The third-order valence-electron chi connectivity index (χ3n) is 3.16. The van der Waals surface area contributed by atoms with Gasteiger partial charge in [0.15, 0.2) is 6.10 Å². The van der Waals surface area contributed by atoms with Crippen molar-refractivity contribution in [1.82, 2.24) is 15.0 Å². The lowest BCUT2D eigenvalue weighted by Gasteiger charge is -2.32. The summed E-state index contributed by atoms with van der Waals surface area (Å²) in [6.07, 6.45) is 1.24. The van der Waals surface area contributed by atoms with Gasteiger partial charge in [0.25, 0.3) is 5.91 Å². The van der Waals surface area contributed by atoms with Gasteiger partial charge in [0.05, 0.1) is 12.2 Å². The zero-order valence-corrected chi connectivity index (χ0v) is 11.3. The number of fused-ring (bicyclic) bond motifs is 1. The van der Waals surface area contributed by atoms with E-state index < -0.39 is 6.10 Å². The average molecular weight is 273 g/mol. The average Bonchev–Trinajstić information content (AvgIpc) is 2.80. The summed E-state index contributed by atoms with van der Waals surface area (Å²) in [6.45, 7) is 2.08. The third-order valence-corrected chi connectivity index (χ3v) is 3.16. The molecule has 1 atom stereocenters. The lowest BCUT2D eigenvalue weighted by Crippen LogP contribution is -2.44. The van der Waals surface area contributed by atoms with Crippen LogP contribution < -0.4 is 15.4 Å². The largest absolute Gasteiger partial charge is 0.479 e. The molecule has 2 aromatic rings. The summed E-state index contributed by atoms with van der Waals surface area (Å²) in [6, 6.07) is 5.25. The minimum Gasteiger partial charge on any atom is -0.479 e. The number of ether oxygens (including phenoxy) is 1. The highest BCUT2D eigenvalue weighted by molar-refractivity contribution is 5.99. The van der Waals surface area contributed by atoms with E-state index in [-0.39, 0.29) is 5.91 Å². The molecule has 1 aliphatic heterocycles. The van der Waals surface area contributed by atoms with Crippen LogP contribution in [0.1, 0.15) is 12.6 Å². The van der Waals surface area contributed by atoms with Gasteiger partial charge in [-0.3, -0.25) is 14.4 Å². The molecule has 7 nitrogen and oxygen atoms in total. The van der Waals surface area contributed by atoms with Gasteiger partial charge in [-0.25, -0.2) is 0 Å². The lowest BCUT2D eigenvalue weighted by atomic mass is 10.1. The summed E-state index contributed by atoms with van der Waals surface area (Å²) in [4.78, 5) is 13.9. The van der Waals surface area contributed by atoms with Crippen LogP contribution >= 0.6 is 0 Å². The number of nitrogens with two attached hydrogens (primary N) is 1. The molecule has 0 radical (unpaired) electrons. The third kappa shape index (κ3) is 2.07. The van der Waals surface area contributed by atoms with Gasteiger partial charge in [-0.1, -0.05) is 5.21 Å². The van der Waals surface area contributed by atoms with Gasteiger partial charge in [0.1, 0.15) is 11.4 Å². The molecular formula is C13H15N5O2. The Morgan fingerprint density at radius 3 is 2.95 bits per heavy atom. The zero-order chi connectivity index (χ0) is 14.3. The van der Waals surface area contributed by atoms with Crippen LogP contribution in [0, 0.1) is 0 Å². The van der Waals surface area contributed by atoms with Crippen molar-refractivity contribution in [2.45, 2.75) is 19.6 Å². The van der Waals surface area contributed by atoms with E-state index in [2.05, 4.69) is 10.3 Å². The molecule has 1 aromatic heterocycles. The Bertz CT molecular complexity index is 667.